The quantitative estimate of drug-likeness (QED) is 0.808. The molecule has 128 valence electrons. The van der Waals surface area contributed by atoms with Gasteiger partial charge in [0.15, 0.2) is 11.5 Å². The summed E-state index contributed by atoms with van der Waals surface area (Å²) in [6, 6.07) is 13.0. The molecule has 24 heavy (non-hydrogen) atoms. The Kier molecular flexibility index (Phi) is 6.63. The molecule has 0 aliphatic carbocycles. The maximum atomic E-state index is 12.3. The summed E-state index contributed by atoms with van der Waals surface area (Å²) in [5.41, 5.74) is 2.52. The Bertz CT molecular complexity index is 685. The number of nitrogens with one attached hydrogen (secondary N) is 1. The van der Waals surface area contributed by atoms with Gasteiger partial charge in [0.05, 0.1) is 20.3 Å². The molecule has 0 saturated heterocycles. The van der Waals surface area contributed by atoms with Gasteiger partial charge in [-0.1, -0.05) is 18.2 Å². The van der Waals surface area contributed by atoms with Gasteiger partial charge in [0, 0.05) is 19.2 Å². The highest BCUT2D eigenvalue weighted by Gasteiger charge is 2.08. The monoisotopic (exact) mass is 329 g/mol. The molecule has 0 aliphatic heterocycles. The average molecular weight is 329 g/mol. The number of hydrogen-bond acceptors (Lipinski definition) is 4. The maximum absolute atomic E-state index is 12.3. The SMILES string of the molecule is CCOc1ccc(CNC(=O)c2cccc(COC)c2)cc1OC. The Morgan fingerprint density at radius 2 is 1.88 bits per heavy atom. The minimum atomic E-state index is -0.124. The lowest BCUT2D eigenvalue weighted by atomic mass is 10.1. The van der Waals surface area contributed by atoms with Gasteiger partial charge >= 0.3 is 0 Å². The molecule has 5 heteroatoms. The van der Waals surface area contributed by atoms with E-state index in [1.807, 2.05) is 43.3 Å². The van der Waals surface area contributed by atoms with E-state index in [2.05, 4.69) is 5.32 Å². The molecule has 1 N–H and O–H groups in total. The summed E-state index contributed by atoms with van der Waals surface area (Å²) in [4.78, 5) is 12.3. The van der Waals surface area contributed by atoms with Crippen molar-refractivity contribution in [2.24, 2.45) is 0 Å². The van der Waals surface area contributed by atoms with Crippen LogP contribution in [0, 0.1) is 0 Å². The van der Waals surface area contributed by atoms with Gasteiger partial charge in [0.25, 0.3) is 5.91 Å². The second-order valence-electron chi connectivity index (χ2n) is 5.23. The molecule has 0 fully saturated rings. The van der Waals surface area contributed by atoms with E-state index in [9.17, 15) is 4.79 Å². The Morgan fingerprint density at radius 1 is 1.04 bits per heavy atom. The van der Waals surface area contributed by atoms with Crippen molar-refractivity contribution in [3.05, 3.63) is 59.2 Å². The fraction of sp³-hybridized carbons (Fsp3) is 0.316. The minimum Gasteiger partial charge on any atom is -0.493 e. The lowest BCUT2D eigenvalue weighted by molar-refractivity contribution is 0.0950. The van der Waals surface area contributed by atoms with Crippen LogP contribution in [0.5, 0.6) is 11.5 Å². The van der Waals surface area contributed by atoms with Crippen LogP contribution >= 0.6 is 0 Å². The number of amides is 1. The van der Waals surface area contributed by atoms with Gasteiger partial charge in [-0.2, -0.15) is 0 Å². The van der Waals surface area contributed by atoms with Crippen molar-refractivity contribution >= 4 is 5.91 Å². The van der Waals surface area contributed by atoms with Gasteiger partial charge in [0.2, 0.25) is 0 Å². The van der Waals surface area contributed by atoms with E-state index >= 15 is 0 Å². The number of benzene rings is 2. The van der Waals surface area contributed by atoms with Crippen molar-refractivity contribution in [3.63, 3.8) is 0 Å². The molecule has 0 heterocycles. The number of methoxy groups -OCH3 is 2. The zero-order chi connectivity index (χ0) is 17.4. The van der Waals surface area contributed by atoms with Crippen LogP contribution in [0.3, 0.4) is 0 Å². The Balaban J connectivity index is 2.02. The second kappa shape index (κ2) is 8.93. The first-order valence-corrected chi connectivity index (χ1v) is 7.83. The molecule has 0 spiro atoms. The van der Waals surface area contributed by atoms with Gasteiger partial charge in [-0.05, 0) is 42.3 Å². The van der Waals surface area contributed by atoms with Crippen LogP contribution in [0.4, 0.5) is 0 Å². The Labute approximate surface area is 142 Å². The average Bonchev–Trinajstić information content (AvgIpc) is 2.61. The van der Waals surface area contributed by atoms with Gasteiger partial charge in [-0.3, -0.25) is 4.79 Å². The molecule has 1 amide bonds. The van der Waals surface area contributed by atoms with E-state index in [0.29, 0.717) is 36.8 Å². The van der Waals surface area contributed by atoms with Crippen LogP contribution in [-0.4, -0.2) is 26.7 Å². The van der Waals surface area contributed by atoms with Gasteiger partial charge < -0.3 is 19.5 Å². The van der Waals surface area contributed by atoms with Crippen molar-refractivity contribution in [2.45, 2.75) is 20.1 Å². The fourth-order valence-corrected chi connectivity index (χ4v) is 2.35. The maximum Gasteiger partial charge on any atom is 0.251 e. The van der Waals surface area contributed by atoms with Crippen LogP contribution in [0.1, 0.15) is 28.4 Å². The summed E-state index contributed by atoms with van der Waals surface area (Å²) < 4.78 is 15.9. The van der Waals surface area contributed by atoms with Crippen molar-refractivity contribution in [3.8, 4) is 11.5 Å². The zero-order valence-electron chi connectivity index (χ0n) is 14.3. The number of rotatable bonds is 8. The van der Waals surface area contributed by atoms with Crippen molar-refractivity contribution < 1.29 is 19.0 Å². The van der Waals surface area contributed by atoms with E-state index in [-0.39, 0.29) is 5.91 Å². The molecule has 2 aromatic carbocycles. The van der Waals surface area contributed by atoms with Gasteiger partial charge in [-0.15, -0.1) is 0 Å². The number of ether oxygens (including phenoxy) is 3. The van der Waals surface area contributed by atoms with Crippen LogP contribution < -0.4 is 14.8 Å². The van der Waals surface area contributed by atoms with Crippen molar-refractivity contribution in [1.29, 1.82) is 0 Å². The minimum absolute atomic E-state index is 0.124. The third-order valence-electron chi connectivity index (χ3n) is 3.48. The van der Waals surface area contributed by atoms with Crippen LogP contribution in [0.25, 0.3) is 0 Å². The lowest BCUT2D eigenvalue weighted by Gasteiger charge is -2.12. The number of carbonyl (C=O) groups excluding carboxylic acids is 1. The molecule has 2 rings (SSSR count). The first-order valence-electron chi connectivity index (χ1n) is 7.83. The molecular formula is C19H23NO4. The Morgan fingerprint density at radius 3 is 2.58 bits per heavy atom. The van der Waals surface area contributed by atoms with Gasteiger partial charge in [0.1, 0.15) is 0 Å². The molecule has 0 unspecified atom stereocenters. The third kappa shape index (κ3) is 4.73. The van der Waals surface area contributed by atoms with Gasteiger partial charge in [-0.25, -0.2) is 0 Å². The summed E-state index contributed by atoms with van der Waals surface area (Å²) in [7, 11) is 3.23. The van der Waals surface area contributed by atoms with E-state index in [1.54, 1.807) is 20.3 Å². The Hall–Kier alpha value is -2.53. The second-order valence-corrected chi connectivity index (χ2v) is 5.23. The summed E-state index contributed by atoms with van der Waals surface area (Å²) in [5, 5.41) is 2.91. The topological polar surface area (TPSA) is 56.8 Å². The molecule has 0 radical (unpaired) electrons. The van der Waals surface area contributed by atoms with Crippen molar-refractivity contribution in [2.75, 3.05) is 20.8 Å². The summed E-state index contributed by atoms with van der Waals surface area (Å²) in [6.07, 6.45) is 0. The first kappa shape index (κ1) is 17.8. The number of hydrogen-bond donors (Lipinski definition) is 1. The standard InChI is InChI=1S/C19H23NO4/c1-4-24-17-9-8-14(11-18(17)23-3)12-20-19(21)16-7-5-6-15(10-16)13-22-2/h5-11H,4,12-13H2,1-3H3,(H,20,21). The highest BCUT2D eigenvalue weighted by Crippen LogP contribution is 2.28. The van der Waals surface area contributed by atoms with Crippen molar-refractivity contribution in [1.82, 2.24) is 5.32 Å². The van der Waals surface area contributed by atoms with E-state index < -0.39 is 0 Å². The van der Waals surface area contributed by atoms with Crippen LogP contribution in [0.2, 0.25) is 0 Å². The molecular weight excluding hydrogens is 306 g/mol. The number of carbonyl (C=O) groups is 1. The summed E-state index contributed by atoms with van der Waals surface area (Å²) in [6.45, 7) is 3.39. The molecule has 2 aromatic rings. The van der Waals surface area contributed by atoms with E-state index in [4.69, 9.17) is 14.2 Å². The van der Waals surface area contributed by atoms with Crippen LogP contribution in [0.15, 0.2) is 42.5 Å². The van der Waals surface area contributed by atoms with E-state index in [0.717, 1.165) is 11.1 Å². The molecule has 0 aliphatic rings. The predicted molar refractivity (Wildman–Crippen MR) is 92.5 cm³/mol. The lowest BCUT2D eigenvalue weighted by Crippen LogP contribution is -2.22. The molecule has 0 saturated carbocycles. The first-order chi connectivity index (χ1) is 11.7. The molecule has 5 nitrogen and oxygen atoms in total. The third-order valence-corrected chi connectivity index (χ3v) is 3.48. The van der Waals surface area contributed by atoms with E-state index in [1.165, 1.54) is 0 Å². The zero-order valence-corrected chi connectivity index (χ0v) is 14.3. The predicted octanol–water partition coefficient (Wildman–Crippen LogP) is 3.17. The normalized spacial score (nSPS) is 10.3. The largest absolute Gasteiger partial charge is 0.493 e. The molecule has 0 bridgehead atoms. The summed E-state index contributed by atoms with van der Waals surface area (Å²) >= 11 is 0. The van der Waals surface area contributed by atoms with Crippen LogP contribution in [-0.2, 0) is 17.9 Å². The fourth-order valence-electron chi connectivity index (χ4n) is 2.35. The molecule has 0 atom stereocenters. The highest BCUT2D eigenvalue weighted by atomic mass is 16.5. The summed E-state index contributed by atoms with van der Waals surface area (Å²) in [5.74, 6) is 1.23. The smallest absolute Gasteiger partial charge is 0.251 e. The molecule has 0 aromatic heterocycles. The highest BCUT2D eigenvalue weighted by molar-refractivity contribution is 5.94.